The maximum Gasteiger partial charge on any atom is 0.243 e. The van der Waals surface area contributed by atoms with E-state index in [0.717, 1.165) is 25.7 Å². The standard InChI is InChI=1S/C38H66N2O3S/c1-4-6-8-10-12-14-16-18-20-22-24-26-31-40(32-27-25-23-21-19-17-15-13-11-9-7-5-2)44(42,43)37-33-34(3)39-38-35(37)29-28-30-36(38)41/h28-30,33,41H,4-27,31-32H2,1-3H3. The van der Waals surface area contributed by atoms with Crippen molar-refractivity contribution in [3.05, 3.63) is 30.0 Å². The van der Waals surface area contributed by atoms with E-state index in [1.807, 2.05) is 0 Å². The number of para-hydroxylation sites is 1. The second kappa shape index (κ2) is 23.6. The summed E-state index contributed by atoms with van der Waals surface area (Å²) in [6.45, 7) is 7.44. The van der Waals surface area contributed by atoms with Crippen molar-refractivity contribution in [2.75, 3.05) is 13.1 Å². The Kier molecular flexibility index (Phi) is 20.7. The molecule has 1 N–H and O–H groups in total. The quantitative estimate of drug-likeness (QED) is 0.0950. The molecule has 2 aromatic rings. The van der Waals surface area contributed by atoms with E-state index in [1.165, 1.54) is 128 Å². The van der Waals surface area contributed by atoms with Gasteiger partial charge in [-0.25, -0.2) is 13.4 Å². The van der Waals surface area contributed by atoms with Crippen LogP contribution in [0.25, 0.3) is 10.9 Å². The van der Waals surface area contributed by atoms with E-state index < -0.39 is 10.0 Å². The normalized spacial score (nSPS) is 12.1. The van der Waals surface area contributed by atoms with E-state index in [2.05, 4.69) is 18.8 Å². The summed E-state index contributed by atoms with van der Waals surface area (Å²) in [5.41, 5.74) is 0.968. The molecule has 0 aliphatic carbocycles. The Morgan fingerprint density at radius 2 is 1.00 bits per heavy atom. The Hall–Kier alpha value is -1.66. The monoisotopic (exact) mass is 630 g/mol. The molecule has 0 atom stereocenters. The molecule has 0 bridgehead atoms. The average molecular weight is 631 g/mol. The fourth-order valence-electron chi connectivity index (χ4n) is 6.29. The smallest absolute Gasteiger partial charge is 0.243 e. The lowest BCUT2D eigenvalue weighted by molar-refractivity contribution is 0.383. The summed E-state index contributed by atoms with van der Waals surface area (Å²) >= 11 is 0. The first kappa shape index (κ1) is 38.5. The van der Waals surface area contributed by atoms with Gasteiger partial charge in [0.05, 0.1) is 4.90 Å². The zero-order valence-corrected chi connectivity index (χ0v) is 29.6. The van der Waals surface area contributed by atoms with Crippen LogP contribution in [0.3, 0.4) is 0 Å². The Labute approximate surface area is 271 Å². The van der Waals surface area contributed by atoms with E-state index >= 15 is 0 Å². The number of aromatic nitrogens is 1. The van der Waals surface area contributed by atoms with E-state index in [9.17, 15) is 13.5 Å². The zero-order valence-electron chi connectivity index (χ0n) is 28.8. The highest BCUT2D eigenvalue weighted by molar-refractivity contribution is 7.89. The van der Waals surface area contributed by atoms with Crippen LogP contribution in [0.15, 0.2) is 29.2 Å². The molecule has 6 heteroatoms. The Bertz CT molecular complexity index is 1090. The van der Waals surface area contributed by atoms with Crippen LogP contribution in [0.1, 0.15) is 174 Å². The first-order valence-electron chi connectivity index (χ1n) is 18.5. The topological polar surface area (TPSA) is 70.5 Å². The van der Waals surface area contributed by atoms with Gasteiger partial charge in [0.25, 0.3) is 0 Å². The van der Waals surface area contributed by atoms with Crippen LogP contribution in [0.2, 0.25) is 0 Å². The summed E-state index contributed by atoms with van der Waals surface area (Å²) in [5.74, 6) is 0.0242. The molecular formula is C38H66N2O3S. The molecule has 1 aromatic heterocycles. The first-order valence-corrected chi connectivity index (χ1v) is 19.9. The molecule has 0 saturated heterocycles. The van der Waals surface area contributed by atoms with Crippen molar-refractivity contribution >= 4 is 20.9 Å². The van der Waals surface area contributed by atoms with Gasteiger partial charge in [0, 0.05) is 24.2 Å². The number of hydrogen-bond donors (Lipinski definition) is 1. The number of fused-ring (bicyclic) bond motifs is 1. The zero-order chi connectivity index (χ0) is 31.9. The number of benzene rings is 1. The minimum atomic E-state index is -3.71. The van der Waals surface area contributed by atoms with Gasteiger partial charge in [0.2, 0.25) is 10.0 Å². The lowest BCUT2D eigenvalue weighted by Gasteiger charge is -2.23. The third-order valence-electron chi connectivity index (χ3n) is 9.05. The predicted molar refractivity (Wildman–Crippen MR) is 189 cm³/mol. The van der Waals surface area contributed by atoms with Crippen molar-refractivity contribution < 1.29 is 13.5 Å². The molecule has 0 spiro atoms. The van der Waals surface area contributed by atoms with Crippen LogP contribution in [0, 0.1) is 6.92 Å². The predicted octanol–water partition coefficient (Wildman–Crippen LogP) is 11.6. The molecule has 0 aliphatic rings. The van der Waals surface area contributed by atoms with Crippen molar-refractivity contribution in [3.8, 4) is 5.75 Å². The molecule has 0 unspecified atom stereocenters. The molecular weight excluding hydrogens is 564 g/mol. The molecule has 1 heterocycles. The summed E-state index contributed by atoms with van der Waals surface area (Å²) in [4.78, 5) is 4.72. The van der Waals surface area contributed by atoms with Gasteiger partial charge < -0.3 is 5.11 Å². The second-order valence-electron chi connectivity index (χ2n) is 13.1. The van der Waals surface area contributed by atoms with E-state index in [4.69, 9.17) is 0 Å². The molecule has 0 aliphatic heterocycles. The third kappa shape index (κ3) is 15.1. The summed E-state index contributed by atoms with van der Waals surface area (Å²) in [6, 6.07) is 6.71. The highest BCUT2D eigenvalue weighted by Gasteiger charge is 2.27. The lowest BCUT2D eigenvalue weighted by atomic mass is 10.1. The van der Waals surface area contributed by atoms with Gasteiger partial charge in [-0.15, -0.1) is 0 Å². The second-order valence-corrected chi connectivity index (χ2v) is 15.0. The van der Waals surface area contributed by atoms with Gasteiger partial charge in [-0.2, -0.15) is 4.31 Å². The number of nitrogens with zero attached hydrogens (tertiary/aromatic N) is 2. The van der Waals surface area contributed by atoms with Gasteiger partial charge in [0.15, 0.2) is 0 Å². The van der Waals surface area contributed by atoms with Crippen LogP contribution in [-0.4, -0.2) is 35.9 Å². The number of pyridine rings is 1. The molecule has 252 valence electrons. The van der Waals surface area contributed by atoms with Crippen molar-refractivity contribution in [1.82, 2.24) is 9.29 Å². The molecule has 5 nitrogen and oxygen atoms in total. The van der Waals surface area contributed by atoms with Gasteiger partial charge in [-0.05, 0) is 31.9 Å². The maximum atomic E-state index is 14.1. The van der Waals surface area contributed by atoms with Crippen molar-refractivity contribution in [1.29, 1.82) is 0 Å². The molecule has 0 amide bonds. The SMILES string of the molecule is CCCCCCCCCCCCCCN(CCCCCCCCCCCCCC)S(=O)(=O)c1cc(C)nc2c(O)cccc12. The van der Waals surface area contributed by atoms with Crippen LogP contribution in [0.5, 0.6) is 5.75 Å². The fourth-order valence-corrected chi connectivity index (χ4v) is 8.07. The number of hydrogen-bond acceptors (Lipinski definition) is 4. The Morgan fingerprint density at radius 3 is 1.41 bits per heavy atom. The summed E-state index contributed by atoms with van der Waals surface area (Å²) in [7, 11) is -3.71. The van der Waals surface area contributed by atoms with Gasteiger partial charge in [-0.1, -0.05) is 167 Å². The first-order chi connectivity index (χ1) is 21.4. The van der Waals surface area contributed by atoms with Crippen molar-refractivity contribution in [3.63, 3.8) is 0 Å². The van der Waals surface area contributed by atoms with E-state index in [-0.39, 0.29) is 10.6 Å². The van der Waals surface area contributed by atoms with Crippen LogP contribution in [-0.2, 0) is 10.0 Å². The minimum Gasteiger partial charge on any atom is -0.506 e. The number of phenols is 1. The van der Waals surface area contributed by atoms with E-state index in [0.29, 0.717) is 29.7 Å². The molecule has 0 saturated carbocycles. The lowest BCUT2D eigenvalue weighted by Crippen LogP contribution is -2.33. The minimum absolute atomic E-state index is 0.0242. The van der Waals surface area contributed by atoms with Crippen LogP contribution in [0.4, 0.5) is 0 Å². The number of sulfonamides is 1. The largest absolute Gasteiger partial charge is 0.506 e. The number of phenolic OH excluding ortho intramolecular Hbond substituents is 1. The molecule has 2 rings (SSSR count). The molecule has 0 radical (unpaired) electrons. The maximum absolute atomic E-state index is 14.1. The van der Waals surface area contributed by atoms with Gasteiger partial charge in [-0.3, -0.25) is 0 Å². The summed E-state index contributed by atoms with van der Waals surface area (Å²) in [6.07, 6.45) is 30.3. The number of aryl methyl sites for hydroxylation is 1. The highest BCUT2D eigenvalue weighted by Crippen LogP contribution is 2.31. The fraction of sp³-hybridized carbons (Fsp3) is 0.763. The van der Waals surface area contributed by atoms with Crippen molar-refractivity contribution in [2.45, 2.75) is 180 Å². The van der Waals surface area contributed by atoms with Crippen molar-refractivity contribution in [2.24, 2.45) is 0 Å². The summed E-state index contributed by atoms with van der Waals surface area (Å²) in [5, 5.41) is 10.9. The molecule has 1 aromatic carbocycles. The Morgan fingerprint density at radius 1 is 0.614 bits per heavy atom. The number of unbranched alkanes of at least 4 members (excludes halogenated alkanes) is 22. The Balaban J connectivity index is 1.85. The number of aromatic hydroxyl groups is 1. The molecule has 44 heavy (non-hydrogen) atoms. The number of rotatable bonds is 28. The summed E-state index contributed by atoms with van der Waals surface area (Å²) < 4.78 is 29.9. The van der Waals surface area contributed by atoms with E-state index in [1.54, 1.807) is 35.5 Å². The molecule has 0 fully saturated rings. The average Bonchev–Trinajstić information content (AvgIpc) is 3.01. The van der Waals surface area contributed by atoms with Crippen LogP contribution >= 0.6 is 0 Å². The third-order valence-corrected chi connectivity index (χ3v) is 11.0. The highest BCUT2D eigenvalue weighted by atomic mass is 32.2. The van der Waals surface area contributed by atoms with Gasteiger partial charge >= 0.3 is 0 Å². The van der Waals surface area contributed by atoms with Gasteiger partial charge in [0.1, 0.15) is 11.3 Å². The van der Waals surface area contributed by atoms with Crippen LogP contribution < -0.4 is 0 Å².